The van der Waals surface area contributed by atoms with Crippen molar-refractivity contribution in [2.75, 3.05) is 39.4 Å². The normalized spacial score (nSPS) is 19.9. The van der Waals surface area contributed by atoms with Gasteiger partial charge in [-0.3, -0.25) is 9.69 Å². The molecule has 7 heteroatoms. The number of nitrogens with one attached hydrogen (secondary N) is 1. The van der Waals surface area contributed by atoms with Gasteiger partial charge in [0.2, 0.25) is 0 Å². The number of rotatable bonds is 6. The Morgan fingerprint density at radius 1 is 1.33 bits per heavy atom. The van der Waals surface area contributed by atoms with Crippen molar-refractivity contribution in [1.29, 1.82) is 0 Å². The maximum Gasteiger partial charge on any atom is 0.267 e. The third kappa shape index (κ3) is 3.79. The second-order valence-electron chi connectivity index (χ2n) is 7.16. The van der Waals surface area contributed by atoms with E-state index < -0.39 is 0 Å². The molecular weight excluding hydrogens is 366 g/mol. The smallest absolute Gasteiger partial charge is 0.267 e. The van der Waals surface area contributed by atoms with Crippen molar-refractivity contribution < 1.29 is 14.3 Å². The molecule has 146 valence electrons. The van der Waals surface area contributed by atoms with Gasteiger partial charge in [0, 0.05) is 25.0 Å². The zero-order valence-electron chi connectivity index (χ0n) is 15.7. The highest BCUT2D eigenvalue weighted by Gasteiger charge is 2.26. The van der Waals surface area contributed by atoms with E-state index in [-0.39, 0.29) is 12.0 Å². The summed E-state index contributed by atoms with van der Waals surface area (Å²) in [4.78, 5) is 15.2. The lowest BCUT2D eigenvalue weighted by molar-refractivity contribution is 0.0374. The van der Waals surface area contributed by atoms with Crippen LogP contribution in [0.5, 0.6) is 5.75 Å². The second-order valence-corrected chi connectivity index (χ2v) is 7.57. The Morgan fingerprint density at radius 2 is 2.15 bits per heavy atom. The average Bonchev–Trinajstić information content (AvgIpc) is 3.09. The lowest BCUT2D eigenvalue weighted by atomic mass is 10.2. The molecule has 0 saturated carbocycles. The Morgan fingerprint density at radius 3 is 2.93 bits per heavy atom. The second kappa shape index (κ2) is 8.09. The van der Waals surface area contributed by atoms with Gasteiger partial charge in [0.25, 0.3) is 5.91 Å². The first-order valence-electron chi connectivity index (χ1n) is 9.74. The maximum atomic E-state index is 12.8. The zero-order chi connectivity index (χ0) is 18.8. The van der Waals surface area contributed by atoms with Crippen LogP contribution in [0.25, 0.3) is 10.9 Å². The molecule has 6 nitrogen and oxygen atoms in total. The van der Waals surface area contributed by atoms with Crippen molar-refractivity contribution in [3.05, 3.63) is 28.9 Å². The standard InChI is InChI=1S/C20H26ClN3O3/c1-2-14-13-24-17(12-15-16(21)4-5-18(27-14)19(15)24)20(25)22-6-3-7-23-8-10-26-11-9-23/h4-5,12,14H,2-3,6-11,13H2,1H3,(H,22,25)/t14-/m0/s1. The Kier molecular flexibility index (Phi) is 5.57. The molecule has 27 heavy (non-hydrogen) atoms. The van der Waals surface area contributed by atoms with Crippen molar-refractivity contribution in [3.63, 3.8) is 0 Å². The number of amides is 1. The molecule has 0 aliphatic carbocycles. The molecule has 1 aromatic carbocycles. The topological polar surface area (TPSA) is 55.7 Å². The van der Waals surface area contributed by atoms with Gasteiger partial charge < -0.3 is 19.4 Å². The molecule has 2 aliphatic heterocycles. The van der Waals surface area contributed by atoms with E-state index in [0.717, 1.165) is 62.3 Å². The molecule has 1 aromatic heterocycles. The summed E-state index contributed by atoms with van der Waals surface area (Å²) in [5.74, 6) is 0.755. The summed E-state index contributed by atoms with van der Waals surface area (Å²) < 4.78 is 13.5. The number of benzene rings is 1. The molecule has 1 fully saturated rings. The van der Waals surface area contributed by atoms with E-state index in [1.54, 1.807) is 0 Å². The van der Waals surface area contributed by atoms with Crippen molar-refractivity contribution >= 4 is 28.4 Å². The molecule has 4 rings (SSSR count). The minimum atomic E-state index is -0.0491. The Balaban J connectivity index is 1.46. The zero-order valence-corrected chi connectivity index (χ0v) is 16.4. The molecule has 1 saturated heterocycles. The highest BCUT2D eigenvalue weighted by Crippen LogP contribution is 2.38. The quantitative estimate of drug-likeness (QED) is 0.769. The molecule has 0 unspecified atom stereocenters. The van der Waals surface area contributed by atoms with Crippen molar-refractivity contribution in [2.45, 2.75) is 32.4 Å². The summed E-state index contributed by atoms with van der Waals surface area (Å²) in [6, 6.07) is 5.62. The first kappa shape index (κ1) is 18.6. The Labute approximate surface area is 164 Å². The summed E-state index contributed by atoms with van der Waals surface area (Å²) in [6.45, 7) is 7.96. The first-order chi connectivity index (χ1) is 13.2. The summed E-state index contributed by atoms with van der Waals surface area (Å²) in [5, 5.41) is 4.59. The minimum absolute atomic E-state index is 0.0491. The fourth-order valence-corrected chi connectivity index (χ4v) is 4.05. The number of hydrogen-bond donors (Lipinski definition) is 1. The van der Waals surface area contributed by atoms with Crippen LogP contribution in [0.1, 0.15) is 30.3 Å². The number of carbonyl (C=O) groups is 1. The van der Waals surface area contributed by atoms with Gasteiger partial charge in [-0.1, -0.05) is 18.5 Å². The molecule has 0 bridgehead atoms. The van der Waals surface area contributed by atoms with Gasteiger partial charge in [0.1, 0.15) is 17.5 Å². The molecule has 0 radical (unpaired) electrons. The lowest BCUT2D eigenvalue weighted by Gasteiger charge is -2.27. The largest absolute Gasteiger partial charge is 0.486 e. The molecule has 1 atom stereocenters. The van der Waals surface area contributed by atoms with Gasteiger partial charge in [-0.15, -0.1) is 0 Å². The van der Waals surface area contributed by atoms with E-state index in [9.17, 15) is 4.79 Å². The third-order valence-corrected chi connectivity index (χ3v) is 5.71. The van der Waals surface area contributed by atoms with Gasteiger partial charge in [-0.05, 0) is 37.6 Å². The Hall–Kier alpha value is -1.76. The van der Waals surface area contributed by atoms with Gasteiger partial charge in [0.15, 0.2) is 0 Å². The number of morpholine rings is 1. The summed E-state index contributed by atoms with van der Waals surface area (Å²) in [7, 11) is 0. The van der Waals surface area contributed by atoms with Crippen LogP contribution in [0.4, 0.5) is 0 Å². The van der Waals surface area contributed by atoms with Crippen LogP contribution in [-0.2, 0) is 11.3 Å². The molecule has 2 aliphatic rings. The molecule has 2 aromatic rings. The van der Waals surface area contributed by atoms with Crippen LogP contribution >= 0.6 is 11.6 Å². The predicted molar refractivity (Wildman–Crippen MR) is 106 cm³/mol. The van der Waals surface area contributed by atoms with Crippen molar-refractivity contribution in [3.8, 4) is 5.75 Å². The first-order valence-corrected chi connectivity index (χ1v) is 10.1. The maximum absolute atomic E-state index is 12.8. The highest BCUT2D eigenvalue weighted by molar-refractivity contribution is 6.36. The summed E-state index contributed by atoms with van der Waals surface area (Å²) in [5.41, 5.74) is 1.58. The van der Waals surface area contributed by atoms with Gasteiger partial charge in [-0.2, -0.15) is 0 Å². The van der Waals surface area contributed by atoms with Crippen LogP contribution in [-0.4, -0.2) is 60.9 Å². The minimum Gasteiger partial charge on any atom is -0.486 e. The van der Waals surface area contributed by atoms with Gasteiger partial charge in [-0.25, -0.2) is 0 Å². The van der Waals surface area contributed by atoms with Crippen LogP contribution < -0.4 is 10.1 Å². The molecular formula is C20H26ClN3O3. The number of nitrogens with zero attached hydrogens (tertiary/aromatic N) is 2. The van der Waals surface area contributed by atoms with E-state index in [4.69, 9.17) is 21.1 Å². The fourth-order valence-electron chi connectivity index (χ4n) is 3.84. The highest BCUT2D eigenvalue weighted by atomic mass is 35.5. The van der Waals surface area contributed by atoms with Crippen LogP contribution in [0.2, 0.25) is 5.02 Å². The van der Waals surface area contributed by atoms with E-state index >= 15 is 0 Å². The summed E-state index contributed by atoms with van der Waals surface area (Å²) >= 11 is 6.37. The average molecular weight is 392 g/mol. The lowest BCUT2D eigenvalue weighted by Crippen LogP contribution is -2.38. The monoisotopic (exact) mass is 391 g/mol. The number of aromatic nitrogens is 1. The molecule has 1 N–H and O–H groups in total. The number of hydrogen-bond acceptors (Lipinski definition) is 4. The molecule has 1 amide bonds. The van der Waals surface area contributed by atoms with E-state index in [1.807, 2.05) is 18.2 Å². The van der Waals surface area contributed by atoms with Crippen LogP contribution in [0, 0.1) is 0 Å². The number of halogens is 1. The predicted octanol–water partition coefficient (Wildman–Crippen LogP) is 2.92. The van der Waals surface area contributed by atoms with E-state index in [2.05, 4.69) is 21.7 Å². The molecule has 0 spiro atoms. The Bertz CT molecular complexity index is 829. The van der Waals surface area contributed by atoms with Gasteiger partial charge in [0.05, 0.1) is 30.3 Å². The van der Waals surface area contributed by atoms with Crippen molar-refractivity contribution in [1.82, 2.24) is 14.8 Å². The number of ether oxygens (including phenoxy) is 2. The van der Waals surface area contributed by atoms with Crippen LogP contribution in [0.15, 0.2) is 18.2 Å². The van der Waals surface area contributed by atoms with Crippen LogP contribution in [0.3, 0.4) is 0 Å². The van der Waals surface area contributed by atoms with E-state index in [0.29, 0.717) is 23.8 Å². The number of carbonyl (C=O) groups excluding carboxylic acids is 1. The van der Waals surface area contributed by atoms with Gasteiger partial charge >= 0.3 is 0 Å². The SMILES string of the molecule is CC[C@H]1Cn2c(C(=O)NCCCN3CCOCC3)cc3c(Cl)ccc(c32)O1. The fraction of sp³-hybridized carbons (Fsp3) is 0.550. The summed E-state index contributed by atoms with van der Waals surface area (Å²) in [6.07, 6.45) is 1.89. The molecule has 3 heterocycles. The third-order valence-electron chi connectivity index (χ3n) is 5.38. The van der Waals surface area contributed by atoms with Crippen molar-refractivity contribution in [2.24, 2.45) is 0 Å². The van der Waals surface area contributed by atoms with E-state index in [1.165, 1.54) is 0 Å².